The average Bonchev–Trinajstić information content (AvgIpc) is 3.72. The smallest absolute Gasteiger partial charge is 0.0674 e. The van der Waals surface area contributed by atoms with Crippen molar-refractivity contribution in [3.05, 3.63) is 166 Å². The van der Waals surface area contributed by atoms with E-state index in [1.807, 2.05) is 0 Å². The van der Waals surface area contributed by atoms with Crippen molar-refractivity contribution < 1.29 is 0 Å². The largest absolute Gasteiger partial charge is 0.330 e. The van der Waals surface area contributed by atoms with Crippen molar-refractivity contribution in [1.29, 1.82) is 0 Å². The minimum Gasteiger partial charge on any atom is -0.330 e. The van der Waals surface area contributed by atoms with Crippen molar-refractivity contribution in [2.24, 2.45) is 0 Å². The van der Waals surface area contributed by atoms with Crippen LogP contribution in [0.15, 0.2) is 127 Å². The summed E-state index contributed by atoms with van der Waals surface area (Å²) in [5.74, 6) is 0. The summed E-state index contributed by atoms with van der Waals surface area (Å²) < 4.78 is 2.64. The highest BCUT2D eigenvalue weighted by Gasteiger charge is 2.41. The molecule has 9 rings (SSSR count). The van der Waals surface area contributed by atoms with Gasteiger partial charge in [0.1, 0.15) is 0 Å². The molecule has 1 nitrogen and oxygen atoms in total. The third-order valence-corrected chi connectivity index (χ3v) is 13.7. The first-order chi connectivity index (χ1) is 25.4. The quantitative estimate of drug-likeness (QED) is 0.149. The van der Waals surface area contributed by atoms with E-state index >= 15 is 0 Å². The summed E-state index contributed by atoms with van der Waals surface area (Å²) in [5, 5.41) is 2.66. The van der Waals surface area contributed by atoms with Crippen LogP contribution in [0.4, 0.5) is 0 Å². The molecule has 0 amide bonds. The van der Waals surface area contributed by atoms with Crippen LogP contribution >= 0.6 is 0 Å². The number of aromatic nitrogens is 1. The molecule has 0 saturated carbocycles. The number of hydrogen-bond acceptors (Lipinski definition) is 0. The molecule has 1 aromatic heterocycles. The molecule has 0 spiro atoms. The maximum atomic E-state index is 2.64. The molecule has 0 radical (unpaired) electrons. The molecule has 0 saturated heterocycles. The van der Waals surface area contributed by atoms with Gasteiger partial charge in [-0.25, -0.2) is 0 Å². The Balaban J connectivity index is 1.15. The zero-order valence-electron chi connectivity index (χ0n) is 32.9. The Bertz CT molecular complexity index is 2520. The minimum absolute atomic E-state index is 0.0140. The Morgan fingerprint density at radius 1 is 0.453 bits per heavy atom. The second kappa shape index (κ2) is 11.8. The van der Waals surface area contributed by atoms with E-state index in [9.17, 15) is 0 Å². The van der Waals surface area contributed by atoms with Crippen LogP contribution in [0, 0.1) is 0 Å². The van der Waals surface area contributed by atoms with Crippen molar-refractivity contribution in [3.8, 4) is 22.3 Å². The summed E-state index contributed by atoms with van der Waals surface area (Å²) in [7, 11) is 0. The molecule has 2 unspecified atom stereocenters. The van der Waals surface area contributed by atoms with Gasteiger partial charge in [-0.2, -0.15) is 0 Å². The predicted molar refractivity (Wildman–Crippen MR) is 226 cm³/mol. The van der Waals surface area contributed by atoms with Crippen molar-refractivity contribution in [3.63, 3.8) is 0 Å². The van der Waals surface area contributed by atoms with Gasteiger partial charge in [-0.1, -0.05) is 177 Å². The van der Waals surface area contributed by atoms with Crippen molar-refractivity contribution >= 4 is 21.8 Å². The van der Waals surface area contributed by atoms with Gasteiger partial charge in [-0.15, -0.1) is 0 Å². The van der Waals surface area contributed by atoms with Crippen molar-refractivity contribution in [2.45, 2.75) is 103 Å². The Morgan fingerprint density at radius 3 is 1.40 bits per heavy atom. The van der Waals surface area contributed by atoms with Gasteiger partial charge >= 0.3 is 0 Å². The molecular formula is C52H53N. The summed E-state index contributed by atoms with van der Waals surface area (Å²) in [6.45, 7) is 19.3. The molecule has 2 aliphatic carbocycles. The van der Waals surface area contributed by atoms with Crippen molar-refractivity contribution in [1.82, 2.24) is 4.57 Å². The lowest BCUT2D eigenvalue weighted by atomic mass is 9.70. The van der Waals surface area contributed by atoms with E-state index < -0.39 is 0 Å². The number of rotatable bonds is 8. The normalized spacial score (nSPS) is 17.2. The molecule has 53 heavy (non-hydrogen) atoms. The standard InChI is InChI=1S/C52H53N/c1-9-29-51(7,34-23-26-38-37-17-11-14-20-43(37)49(3,4)44(38)31-34)35-24-27-39-40-28-25-36(33-46(40)50(5,6)45(39)32-35)52(8,30-10-2)53-47-21-15-12-18-41(47)42-19-13-16-22-48(42)53/h11-28,31-33H,9-10,29-30H2,1-8H3. The van der Waals surface area contributed by atoms with Gasteiger partial charge in [0.2, 0.25) is 0 Å². The SMILES string of the molecule is CCCC(C)(c1ccc2c(c1)C(C)(C)c1ccccc1-2)c1ccc2c(c1)C(C)(C)c1cc(C(C)(CCC)n3c4ccccc4c4ccccc43)ccc1-2. The Labute approximate surface area is 316 Å². The van der Waals surface area contributed by atoms with Crippen LogP contribution in [0.5, 0.6) is 0 Å². The molecular weight excluding hydrogens is 639 g/mol. The summed E-state index contributed by atoms with van der Waals surface area (Å²) in [4.78, 5) is 0. The maximum absolute atomic E-state index is 2.64. The highest BCUT2D eigenvalue weighted by Crippen LogP contribution is 2.54. The number of fused-ring (bicyclic) bond motifs is 9. The van der Waals surface area contributed by atoms with Gasteiger partial charge < -0.3 is 4.57 Å². The highest BCUT2D eigenvalue weighted by atomic mass is 15.1. The molecule has 2 aliphatic rings. The van der Waals surface area contributed by atoms with Gasteiger partial charge in [-0.05, 0) is 93.1 Å². The zero-order valence-corrected chi connectivity index (χ0v) is 32.9. The third-order valence-electron chi connectivity index (χ3n) is 13.7. The van der Waals surface area contributed by atoms with Gasteiger partial charge in [0, 0.05) is 38.1 Å². The van der Waals surface area contributed by atoms with Crippen LogP contribution in [-0.2, 0) is 21.8 Å². The van der Waals surface area contributed by atoms with E-state index in [4.69, 9.17) is 0 Å². The number of hydrogen-bond donors (Lipinski definition) is 0. The first-order valence-corrected chi connectivity index (χ1v) is 20.0. The molecule has 1 heterocycles. The predicted octanol–water partition coefficient (Wildman–Crippen LogP) is 14.1. The van der Waals surface area contributed by atoms with Crippen LogP contribution in [0.2, 0.25) is 0 Å². The second-order valence-corrected chi connectivity index (χ2v) is 17.6. The fourth-order valence-electron chi connectivity index (χ4n) is 10.7. The van der Waals surface area contributed by atoms with E-state index in [2.05, 4.69) is 187 Å². The van der Waals surface area contributed by atoms with E-state index in [0.717, 1.165) is 25.7 Å². The van der Waals surface area contributed by atoms with Crippen LogP contribution in [-0.4, -0.2) is 4.57 Å². The van der Waals surface area contributed by atoms with Crippen LogP contribution in [0.3, 0.4) is 0 Å². The van der Waals surface area contributed by atoms with Gasteiger partial charge in [0.05, 0.1) is 5.54 Å². The molecule has 266 valence electrons. The molecule has 0 N–H and O–H groups in total. The molecule has 7 aromatic rings. The third kappa shape index (κ3) is 4.68. The molecule has 0 aliphatic heterocycles. The van der Waals surface area contributed by atoms with E-state index in [1.54, 1.807) is 0 Å². The van der Waals surface area contributed by atoms with Gasteiger partial charge in [0.25, 0.3) is 0 Å². The van der Waals surface area contributed by atoms with Gasteiger partial charge in [0.15, 0.2) is 0 Å². The Hall–Kier alpha value is -4.88. The fraction of sp³-hybridized carbons (Fsp3) is 0.308. The molecule has 6 aromatic carbocycles. The topological polar surface area (TPSA) is 4.93 Å². The Kier molecular flexibility index (Phi) is 7.56. The maximum Gasteiger partial charge on any atom is 0.0674 e. The zero-order chi connectivity index (χ0) is 36.9. The molecule has 1 heteroatoms. The van der Waals surface area contributed by atoms with Crippen molar-refractivity contribution in [2.75, 3.05) is 0 Å². The first-order valence-electron chi connectivity index (χ1n) is 20.0. The average molecular weight is 692 g/mol. The second-order valence-electron chi connectivity index (χ2n) is 17.6. The molecule has 2 atom stereocenters. The lowest BCUT2D eigenvalue weighted by Gasteiger charge is -2.35. The number of para-hydroxylation sites is 2. The fourth-order valence-corrected chi connectivity index (χ4v) is 10.7. The first kappa shape index (κ1) is 33.9. The highest BCUT2D eigenvalue weighted by molar-refractivity contribution is 6.08. The van der Waals surface area contributed by atoms with Crippen LogP contribution < -0.4 is 0 Å². The van der Waals surface area contributed by atoms with E-state index in [1.165, 1.54) is 83.0 Å². The minimum atomic E-state index is -0.205. The lowest BCUT2D eigenvalue weighted by Crippen LogP contribution is -2.32. The number of nitrogens with zero attached hydrogens (tertiary/aromatic N) is 1. The molecule has 0 fully saturated rings. The molecule has 0 bridgehead atoms. The Morgan fingerprint density at radius 2 is 0.868 bits per heavy atom. The summed E-state index contributed by atoms with van der Waals surface area (Å²) in [6, 6.07) is 49.2. The monoisotopic (exact) mass is 691 g/mol. The van der Waals surface area contributed by atoms with E-state index in [0.29, 0.717) is 0 Å². The summed E-state index contributed by atoms with van der Waals surface area (Å²) >= 11 is 0. The van der Waals surface area contributed by atoms with Crippen LogP contribution in [0.1, 0.15) is 120 Å². The van der Waals surface area contributed by atoms with E-state index in [-0.39, 0.29) is 21.8 Å². The number of benzene rings is 6. The summed E-state index contributed by atoms with van der Waals surface area (Å²) in [6.07, 6.45) is 4.39. The van der Waals surface area contributed by atoms with Crippen LogP contribution in [0.25, 0.3) is 44.1 Å². The summed E-state index contributed by atoms with van der Waals surface area (Å²) in [5.41, 5.74) is 17.8. The lowest BCUT2D eigenvalue weighted by molar-refractivity contribution is 0.379. The van der Waals surface area contributed by atoms with Gasteiger partial charge in [-0.3, -0.25) is 0 Å².